The van der Waals surface area contributed by atoms with Crippen LogP contribution in [-0.4, -0.2) is 24.3 Å². The average molecular weight is 205 g/mol. The van der Waals surface area contributed by atoms with Gasteiger partial charge in [-0.05, 0) is 23.7 Å². The number of furan rings is 1. The minimum absolute atomic E-state index is 0.179. The van der Waals surface area contributed by atoms with E-state index in [0.717, 1.165) is 0 Å². The Morgan fingerprint density at radius 3 is 2.85 bits per heavy atom. The van der Waals surface area contributed by atoms with Crippen molar-refractivity contribution in [2.45, 2.75) is 12.5 Å². The third-order valence-corrected chi connectivity index (χ3v) is 1.78. The van der Waals surface area contributed by atoms with Crippen molar-refractivity contribution >= 4 is 17.6 Å². The van der Waals surface area contributed by atoms with E-state index in [2.05, 4.69) is 0 Å². The monoisotopic (exact) mass is 204 g/mol. The molecule has 0 aromatic carbocycles. The van der Waals surface area contributed by atoms with Crippen molar-refractivity contribution in [2.24, 2.45) is 0 Å². The number of ether oxygens (including phenoxy) is 1. The van der Waals surface area contributed by atoms with Crippen molar-refractivity contribution in [3.63, 3.8) is 0 Å². The number of aliphatic carboxylic acids is 1. The van der Waals surface area contributed by atoms with Crippen LogP contribution in [0.1, 0.15) is 5.76 Å². The van der Waals surface area contributed by atoms with Gasteiger partial charge in [0.05, 0.1) is 0 Å². The lowest BCUT2D eigenvalue weighted by Crippen LogP contribution is -2.24. The number of methoxy groups -OCH3 is 1. The minimum Gasteiger partial charge on any atom is -0.479 e. The van der Waals surface area contributed by atoms with Gasteiger partial charge in [0.2, 0.25) is 0 Å². The van der Waals surface area contributed by atoms with Gasteiger partial charge in [-0.25, -0.2) is 4.79 Å². The predicted molar refractivity (Wildman–Crippen MR) is 45.9 cm³/mol. The lowest BCUT2D eigenvalue weighted by Gasteiger charge is -2.07. The summed E-state index contributed by atoms with van der Waals surface area (Å²) in [6.45, 7) is 0. The Labute approximate surface area is 80.1 Å². The highest BCUT2D eigenvalue weighted by Gasteiger charge is 2.18. The summed E-state index contributed by atoms with van der Waals surface area (Å²) in [5.74, 6) is -0.519. The van der Waals surface area contributed by atoms with E-state index in [4.69, 9.17) is 25.9 Å². The van der Waals surface area contributed by atoms with Crippen LogP contribution in [0.2, 0.25) is 5.22 Å². The highest BCUT2D eigenvalue weighted by molar-refractivity contribution is 6.28. The molecule has 1 aromatic rings. The zero-order valence-corrected chi connectivity index (χ0v) is 7.75. The van der Waals surface area contributed by atoms with Gasteiger partial charge in [0.25, 0.3) is 0 Å². The molecule has 1 heterocycles. The molecule has 13 heavy (non-hydrogen) atoms. The Hall–Kier alpha value is -1.00. The summed E-state index contributed by atoms with van der Waals surface area (Å²) in [6, 6.07) is 3.18. The van der Waals surface area contributed by atoms with E-state index in [1.54, 1.807) is 12.1 Å². The first-order chi connectivity index (χ1) is 6.13. The van der Waals surface area contributed by atoms with E-state index in [1.165, 1.54) is 7.11 Å². The molecule has 0 aliphatic rings. The maximum Gasteiger partial charge on any atom is 0.333 e. The fraction of sp³-hybridized carbons (Fsp3) is 0.375. The maximum atomic E-state index is 10.5. The SMILES string of the molecule is COC(Cc1ccc(Cl)o1)C(=O)O. The van der Waals surface area contributed by atoms with Crippen LogP contribution in [0.25, 0.3) is 0 Å². The normalized spacial score (nSPS) is 12.8. The fourth-order valence-corrected chi connectivity index (χ4v) is 1.08. The molecular formula is C8H9ClO4. The molecular weight excluding hydrogens is 196 g/mol. The molecule has 5 heteroatoms. The first-order valence-electron chi connectivity index (χ1n) is 3.63. The number of carboxylic acid groups (broad SMARTS) is 1. The third-order valence-electron chi connectivity index (χ3n) is 1.58. The van der Waals surface area contributed by atoms with E-state index >= 15 is 0 Å². The number of halogens is 1. The van der Waals surface area contributed by atoms with E-state index in [-0.39, 0.29) is 11.6 Å². The Bertz CT molecular complexity index is 294. The van der Waals surface area contributed by atoms with Gasteiger partial charge in [0.1, 0.15) is 5.76 Å². The summed E-state index contributed by atoms with van der Waals surface area (Å²) in [6.07, 6.45) is -0.708. The summed E-state index contributed by atoms with van der Waals surface area (Å²) in [7, 11) is 1.34. The maximum absolute atomic E-state index is 10.5. The van der Waals surface area contributed by atoms with Gasteiger partial charge >= 0.3 is 5.97 Å². The number of carboxylic acids is 1. The molecule has 0 aliphatic carbocycles. The van der Waals surface area contributed by atoms with Crippen LogP contribution < -0.4 is 0 Å². The van der Waals surface area contributed by atoms with Crippen LogP contribution in [-0.2, 0) is 16.0 Å². The van der Waals surface area contributed by atoms with Gasteiger partial charge in [-0.15, -0.1) is 0 Å². The van der Waals surface area contributed by atoms with Gasteiger partial charge in [-0.1, -0.05) is 0 Å². The molecule has 0 saturated carbocycles. The van der Waals surface area contributed by atoms with Crippen molar-refractivity contribution in [3.05, 3.63) is 23.1 Å². The fourth-order valence-electron chi connectivity index (χ4n) is 0.916. The number of hydrogen-bond acceptors (Lipinski definition) is 3. The van der Waals surface area contributed by atoms with E-state index in [0.29, 0.717) is 5.76 Å². The first kappa shape index (κ1) is 10.1. The van der Waals surface area contributed by atoms with Crippen LogP contribution in [0.15, 0.2) is 16.5 Å². The topological polar surface area (TPSA) is 59.7 Å². The van der Waals surface area contributed by atoms with E-state index in [9.17, 15) is 4.79 Å². The second-order valence-corrected chi connectivity index (χ2v) is 2.85. The highest BCUT2D eigenvalue weighted by atomic mass is 35.5. The molecule has 0 bridgehead atoms. The summed E-state index contributed by atoms with van der Waals surface area (Å²) in [5.41, 5.74) is 0. The van der Waals surface area contributed by atoms with Crippen LogP contribution in [0.4, 0.5) is 0 Å². The molecule has 0 spiro atoms. The Morgan fingerprint density at radius 1 is 1.77 bits per heavy atom. The lowest BCUT2D eigenvalue weighted by molar-refractivity contribution is -0.148. The van der Waals surface area contributed by atoms with Crippen LogP contribution in [0.3, 0.4) is 0 Å². The lowest BCUT2D eigenvalue weighted by atomic mass is 10.2. The summed E-state index contributed by atoms with van der Waals surface area (Å²) in [5, 5.41) is 8.89. The van der Waals surface area contributed by atoms with Gasteiger partial charge in [-0.2, -0.15) is 0 Å². The number of carbonyl (C=O) groups is 1. The Morgan fingerprint density at radius 2 is 2.46 bits per heavy atom. The van der Waals surface area contributed by atoms with Crippen LogP contribution in [0, 0.1) is 0 Å². The highest BCUT2D eigenvalue weighted by Crippen LogP contribution is 2.15. The summed E-state index contributed by atoms with van der Waals surface area (Å²) in [4.78, 5) is 10.5. The van der Waals surface area contributed by atoms with Crippen molar-refractivity contribution in [1.29, 1.82) is 0 Å². The molecule has 72 valence electrons. The second-order valence-electron chi connectivity index (χ2n) is 2.47. The second kappa shape index (κ2) is 4.30. The molecule has 1 atom stereocenters. The van der Waals surface area contributed by atoms with Gasteiger partial charge in [0, 0.05) is 13.5 Å². The van der Waals surface area contributed by atoms with Gasteiger partial charge < -0.3 is 14.3 Å². The molecule has 1 aromatic heterocycles. The average Bonchev–Trinajstić information content (AvgIpc) is 2.46. The molecule has 0 saturated heterocycles. The van der Waals surface area contributed by atoms with E-state index < -0.39 is 12.1 Å². The minimum atomic E-state index is -1.02. The molecule has 0 fully saturated rings. The van der Waals surface area contributed by atoms with Crippen molar-refractivity contribution in [3.8, 4) is 0 Å². The Balaban J connectivity index is 2.61. The van der Waals surface area contributed by atoms with Crippen molar-refractivity contribution < 1.29 is 19.1 Å². The van der Waals surface area contributed by atoms with Crippen LogP contribution >= 0.6 is 11.6 Å². The standard InChI is InChI=1S/C8H9ClO4/c1-12-6(8(10)11)4-5-2-3-7(9)13-5/h2-3,6H,4H2,1H3,(H,10,11). The zero-order valence-electron chi connectivity index (χ0n) is 6.99. The van der Waals surface area contributed by atoms with Gasteiger partial charge in [-0.3, -0.25) is 0 Å². The smallest absolute Gasteiger partial charge is 0.333 e. The van der Waals surface area contributed by atoms with Crippen LogP contribution in [0.5, 0.6) is 0 Å². The summed E-state index contributed by atoms with van der Waals surface area (Å²) >= 11 is 5.51. The zero-order chi connectivity index (χ0) is 9.84. The van der Waals surface area contributed by atoms with Crippen molar-refractivity contribution in [1.82, 2.24) is 0 Å². The summed E-state index contributed by atoms with van der Waals surface area (Å²) < 4.78 is 9.71. The van der Waals surface area contributed by atoms with Crippen molar-refractivity contribution in [2.75, 3.05) is 7.11 Å². The molecule has 1 N–H and O–H groups in total. The van der Waals surface area contributed by atoms with Gasteiger partial charge in [0.15, 0.2) is 11.3 Å². The molecule has 0 aliphatic heterocycles. The third kappa shape index (κ3) is 2.75. The largest absolute Gasteiger partial charge is 0.479 e. The number of hydrogen-bond donors (Lipinski definition) is 1. The quantitative estimate of drug-likeness (QED) is 0.809. The molecule has 4 nitrogen and oxygen atoms in total. The molecule has 0 amide bonds. The first-order valence-corrected chi connectivity index (χ1v) is 4.01. The molecule has 1 rings (SSSR count). The molecule has 1 unspecified atom stereocenters. The van der Waals surface area contributed by atoms with E-state index in [1.807, 2.05) is 0 Å². The predicted octanol–water partition coefficient (Wildman–Crippen LogP) is 1.58. The number of rotatable bonds is 4. The Kier molecular flexibility index (Phi) is 3.33. The molecule has 0 radical (unpaired) electrons.